The van der Waals surface area contributed by atoms with Crippen LogP contribution in [0.3, 0.4) is 0 Å². The van der Waals surface area contributed by atoms with Gasteiger partial charge in [0, 0.05) is 40.3 Å². The molecule has 0 saturated heterocycles. The molecule has 1 rings (SSSR count). The highest BCUT2D eigenvalue weighted by molar-refractivity contribution is 5.76. The van der Waals surface area contributed by atoms with Crippen molar-refractivity contribution in [2.45, 2.75) is 26.4 Å². The predicted molar refractivity (Wildman–Crippen MR) is 76.5 cm³/mol. The molecule has 1 unspecified atom stereocenters. The Morgan fingerprint density at radius 3 is 2.42 bits per heavy atom. The van der Waals surface area contributed by atoms with Gasteiger partial charge < -0.3 is 15.4 Å². The van der Waals surface area contributed by atoms with Crippen LogP contribution in [-0.2, 0) is 22.6 Å². The molecule has 1 atom stereocenters. The number of benzene rings is 1. The second kappa shape index (κ2) is 7.92. The number of carbonyl (C=O) groups excluding carboxylic acids is 1. The highest BCUT2D eigenvalue weighted by Crippen LogP contribution is 2.10. The van der Waals surface area contributed by atoms with E-state index in [-0.39, 0.29) is 11.8 Å². The zero-order chi connectivity index (χ0) is 14.3. The van der Waals surface area contributed by atoms with Crippen LogP contribution in [0.5, 0.6) is 0 Å². The summed E-state index contributed by atoms with van der Waals surface area (Å²) in [5, 5.41) is 0. The van der Waals surface area contributed by atoms with Crippen LogP contribution in [-0.4, -0.2) is 31.6 Å². The standard InChI is InChI=1S/C15H24N2O2/c1-12(11-19-3)8-15(18)17(2)10-14-6-4-13(9-16)5-7-14/h4-7,12H,8-11,16H2,1-3H3. The lowest BCUT2D eigenvalue weighted by Gasteiger charge is -2.19. The van der Waals surface area contributed by atoms with E-state index < -0.39 is 0 Å². The molecule has 0 fully saturated rings. The number of nitrogens with two attached hydrogens (primary N) is 1. The first kappa shape index (κ1) is 15.7. The molecule has 0 radical (unpaired) electrons. The second-order valence-electron chi connectivity index (χ2n) is 5.04. The van der Waals surface area contributed by atoms with Gasteiger partial charge in [0.15, 0.2) is 0 Å². The van der Waals surface area contributed by atoms with Crippen molar-refractivity contribution in [2.75, 3.05) is 20.8 Å². The summed E-state index contributed by atoms with van der Waals surface area (Å²) in [6.07, 6.45) is 0.519. The summed E-state index contributed by atoms with van der Waals surface area (Å²) < 4.78 is 5.05. The molecule has 106 valence electrons. The normalized spacial score (nSPS) is 12.2. The van der Waals surface area contributed by atoms with Crippen molar-refractivity contribution in [1.29, 1.82) is 0 Å². The summed E-state index contributed by atoms with van der Waals surface area (Å²) in [5.74, 6) is 0.395. The monoisotopic (exact) mass is 264 g/mol. The summed E-state index contributed by atoms with van der Waals surface area (Å²) in [7, 11) is 3.49. The maximum Gasteiger partial charge on any atom is 0.222 e. The fourth-order valence-corrected chi connectivity index (χ4v) is 1.94. The lowest BCUT2D eigenvalue weighted by molar-refractivity contribution is -0.131. The van der Waals surface area contributed by atoms with E-state index in [0.29, 0.717) is 26.1 Å². The average molecular weight is 264 g/mol. The summed E-state index contributed by atoms with van der Waals surface area (Å²) in [5.41, 5.74) is 7.78. The van der Waals surface area contributed by atoms with E-state index in [1.54, 1.807) is 12.0 Å². The molecule has 0 bridgehead atoms. The van der Waals surface area contributed by atoms with E-state index in [2.05, 4.69) is 0 Å². The van der Waals surface area contributed by atoms with Crippen molar-refractivity contribution in [1.82, 2.24) is 4.90 Å². The van der Waals surface area contributed by atoms with E-state index in [9.17, 15) is 4.79 Å². The third kappa shape index (κ3) is 5.41. The highest BCUT2D eigenvalue weighted by Gasteiger charge is 2.13. The maximum absolute atomic E-state index is 12.0. The molecule has 4 heteroatoms. The molecule has 0 heterocycles. The molecule has 0 aromatic heterocycles. The van der Waals surface area contributed by atoms with Gasteiger partial charge in [-0.15, -0.1) is 0 Å². The van der Waals surface area contributed by atoms with E-state index >= 15 is 0 Å². The van der Waals surface area contributed by atoms with Gasteiger partial charge in [-0.2, -0.15) is 0 Å². The Kier molecular flexibility index (Phi) is 6.53. The molecule has 4 nitrogen and oxygen atoms in total. The molecule has 1 aromatic rings. The molecule has 0 aliphatic heterocycles. The lowest BCUT2D eigenvalue weighted by atomic mass is 10.1. The molecular weight excluding hydrogens is 240 g/mol. The number of ether oxygens (including phenoxy) is 1. The van der Waals surface area contributed by atoms with E-state index in [1.165, 1.54) is 0 Å². The van der Waals surface area contributed by atoms with Crippen LogP contribution in [0.1, 0.15) is 24.5 Å². The van der Waals surface area contributed by atoms with Crippen LogP contribution in [0.4, 0.5) is 0 Å². The van der Waals surface area contributed by atoms with Crippen LogP contribution in [0.2, 0.25) is 0 Å². The van der Waals surface area contributed by atoms with Crippen LogP contribution in [0.25, 0.3) is 0 Å². The number of carbonyl (C=O) groups is 1. The molecule has 1 amide bonds. The highest BCUT2D eigenvalue weighted by atomic mass is 16.5. The first-order chi connectivity index (χ1) is 9.06. The number of amides is 1. The zero-order valence-corrected chi connectivity index (χ0v) is 12.1. The number of nitrogens with zero attached hydrogens (tertiary/aromatic N) is 1. The molecule has 19 heavy (non-hydrogen) atoms. The van der Waals surface area contributed by atoms with Gasteiger partial charge in [0.25, 0.3) is 0 Å². The minimum atomic E-state index is 0.146. The van der Waals surface area contributed by atoms with Gasteiger partial charge in [-0.3, -0.25) is 4.79 Å². The van der Waals surface area contributed by atoms with Crippen LogP contribution < -0.4 is 5.73 Å². The summed E-state index contributed by atoms with van der Waals surface area (Å²) >= 11 is 0. The lowest BCUT2D eigenvalue weighted by Crippen LogP contribution is -2.28. The van der Waals surface area contributed by atoms with Gasteiger partial charge in [-0.1, -0.05) is 31.2 Å². The zero-order valence-electron chi connectivity index (χ0n) is 12.1. The van der Waals surface area contributed by atoms with Gasteiger partial charge >= 0.3 is 0 Å². The van der Waals surface area contributed by atoms with Crippen molar-refractivity contribution in [2.24, 2.45) is 11.7 Å². The number of methoxy groups -OCH3 is 1. The Labute approximate surface area is 115 Å². The largest absolute Gasteiger partial charge is 0.384 e. The quantitative estimate of drug-likeness (QED) is 0.816. The van der Waals surface area contributed by atoms with Crippen molar-refractivity contribution >= 4 is 5.91 Å². The molecule has 0 saturated carbocycles. The van der Waals surface area contributed by atoms with Crippen LogP contribution >= 0.6 is 0 Å². The smallest absolute Gasteiger partial charge is 0.222 e. The molecule has 1 aromatic carbocycles. The Hall–Kier alpha value is -1.39. The van der Waals surface area contributed by atoms with Crippen molar-refractivity contribution in [3.05, 3.63) is 35.4 Å². The molecule has 2 N–H and O–H groups in total. The average Bonchev–Trinajstić information content (AvgIpc) is 2.39. The summed E-state index contributed by atoms with van der Waals surface area (Å²) in [6, 6.07) is 8.04. The second-order valence-corrected chi connectivity index (χ2v) is 5.04. The van der Waals surface area contributed by atoms with Gasteiger partial charge in [0.05, 0.1) is 0 Å². The van der Waals surface area contributed by atoms with Gasteiger partial charge in [0.2, 0.25) is 5.91 Å². The SMILES string of the molecule is COCC(C)CC(=O)N(C)Cc1ccc(CN)cc1. The Balaban J connectivity index is 2.48. The number of hydrogen-bond acceptors (Lipinski definition) is 3. The Bertz CT molecular complexity index is 390. The Morgan fingerprint density at radius 1 is 1.32 bits per heavy atom. The fourth-order valence-electron chi connectivity index (χ4n) is 1.94. The summed E-state index contributed by atoms with van der Waals surface area (Å²) in [6.45, 7) is 3.81. The summed E-state index contributed by atoms with van der Waals surface area (Å²) in [4.78, 5) is 13.8. The van der Waals surface area contributed by atoms with Crippen molar-refractivity contribution in [3.8, 4) is 0 Å². The third-order valence-electron chi connectivity index (χ3n) is 3.08. The minimum Gasteiger partial charge on any atom is -0.384 e. The molecule has 0 aliphatic rings. The fraction of sp³-hybridized carbons (Fsp3) is 0.533. The molecule has 0 spiro atoms. The van der Waals surface area contributed by atoms with Gasteiger partial charge in [-0.25, -0.2) is 0 Å². The van der Waals surface area contributed by atoms with E-state index in [1.807, 2.05) is 38.2 Å². The van der Waals surface area contributed by atoms with E-state index in [0.717, 1.165) is 11.1 Å². The van der Waals surface area contributed by atoms with Crippen molar-refractivity contribution < 1.29 is 9.53 Å². The topological polar surface area (TPSA) is 55.6 Å². The third-order valence-corrected chi connectivity index (χ3v) is 3.08. The first-order valence-electron chi connectivity index (χ1n) is 6.57. The van der Waals surface area contributed by atoms with Gasteiger partial charge in [0.1, 0.15) is 0 Å². The maximum atomic E-state index is 12.0. The predicted octanol–water partition coefficient (Wildman–Crippen LogP) is 1.78. The molecule has 0 aliphatic carbocycles. The van der Waals surface area contributed by atoms with Crippen LogP contribution in [0, 0.1) is 5.92 Å². The minimum absolute atomic E-state index is 0.146. The molecular formula is C15H24N2O2. The number of rotatable bonds is 7. The first-order valence-corrected chi connectivity index (χ1v) is 6.57. The Morgan fingerprint density at radius 2 is 1.89 bits per heavy atom. The number of hydrogen-bond donors (Lipinski definition) is 1. The van der Waals surface area contributed by atoms with Crippen LogP contribution in [0.15, 0.2) is 24.3 Å². The van der Waals surface area contributed by atoms with Crippen molar-refractivity contribution in [3.63, 3.8) is 0 Å². The van der Waals surface area contributed by atoms with Gasteiger partial charge in [-0.05, 0) is 17.0 Å². The van der Waals surface area contributed by atoms with E-state index in [4.69, 9.17) is 10.5 Å².